The lowest BCUT2D eigenvalue weighted by molar-refractivity contribution is -0.274. The summed E-state index contributed by atoms with van der Waals surface area (Å²) < 4.78 is 40.9. The van der Waals surface area contributed by atoms with Crippen molar-refractivity contribution in [1.29, 1.82) is 0 Å². The highest BCUT2D eigenvalue weighted by molar-refractivity contribution is 6.00. The zero-order valence-electron chi connectivity index (χ0n) is 17.4. The Morgan fingerprint density at radius 2 is 1.73 bits per heavy atom. The summed E-state index contributed by atoms with van der Waals surface area (Å²) in [6.45, 7) is 4.39. The molecule has 0 unspecified atom stereocenters. The summed E-state index contributed by atoms with van der Waals surface area (Å²) >= 11 is 0. The second-order valence-electron chi connectivity index (χ2n) is 8.07. The molecule has 2 aliphatic heterocycles. The van der Waals surface area contributed by atoms with E-state index in [9.17, 15) is 22.8 Å². The molecule has 0 N–H and O–H groups in total. The molecule has 166 valence electrons. The molecule has 3 amide bonds. The Morgan fingerprint density at radius 1 is 1.13 bits per heavy atom. The number of urea groups is 1. The van der Waals surface area contributed by atoms with Crippen molar-refractivity contribution in [2.75, 3.05) is 38.1 Å². The van der Waals surface area contributed by atoms with Crippen molar-refractivity contribution in [3.8, 4) is 5.75 Å². The van der Waals surface area contributed by atoms with Gasteiger partial charge in [-0.1, -0.05) is 13.3 Å². The monoisotopic (exact) mass is 427 g/mol. The highest BCUT2D eigenvalue weighted by Crippen LogP contribution is 2.43. The summed E-state index contributed by atoms with van der Waals surface area (Å²) in [5.74, 6) is -0.329. The first-order valence-corrected chi connectivity index (χ1v) is 10.3. The highest BCUT2D eigenvalue weighted by atomic mass is 19.4. The van der Waals surface area contributed by atoms with Gasteiger partial charge in [-0.3, -0.25) is 4.79 Å². The van der Waals surface area contributed by atoms with Crippen LogP contribution in [0.2, 0.25) is 0 Å². The van der Waals surface area contributed by atoms with Gasteiger partial charge in [-0.05, 0) is 49.9 Å². The molecular weight excluding hydrogens is 399 g/mol. The van der Waals surface area contributed by atoms with Gasteiger partial charge in [0.25, 0.3) is 0 Å². The number of amides is 3. The summed E-state index contributed by atoms with van der Waals surface area (Å²) in [7, 11) is 1.80. The molecule has 0 bridgehead atoms. The van der Waals surface area contributed by atoms with Crippen LogP contribution in [0.1, 0.15) is 39.0 Å². The summed E-state index contributed by atoms with van der Waals surface area (Å²) in [6, 6.07) is 5.38. The Morgan fingerprint density at radius 3 is 2.30 bits per heavy atom. The van der Waals surface area contributed by atoms with Crippen molar-refractivity contribution in [1.82, 2.24) is 9.80 Å². The van der Waals surface area contributed by atoms with Gasteiger partial charge in [0.05, 0.1) is 5.41 Å². The third kappa shape index (κ3) is 4.82. The van der Waals surface area contributed by atoms with E-state index in [1.165, 1.54) is 24.3 Å². The lowest BCUT2D eigenvalue weighted by atomic mass is 9.77. The molecule has 1 spiro atoms. The van der Waals surface area contributed by atoms with Crippen molar-refractivity contribution in [3.05, 3.63) is 24.3 Å². The number of halogens is 3. The number of ether oxygens (including phenoxy) is 1. The fourth-order valence-corrected chi connectivity index (χ4v) is 4.22. The van der Waals surface area contributed by atoms with E-state index in [0.717, 1.165) is 19.4 Å². The molecule has 2 saturated heterocycles. The smallest absolute Gasteiger partial charge is 0.406 e. The van der Waals surface area contributed by atoms with E-state index in [1.807, 2.05) is 0 Å². The van der Waals surface area contributed by atoms with E-state index < -0.39 is 11.8 Å². The Hall–Kier alpha value is -2.45. The van der Waals surface area contributed by atoms with Crippen molar-refractivity contribution in [2.24, 2.45) is 5.41 Å². The van der Waals surface area contributed by atoms with Crippen LogP contribution in [-0.2, 0) is 4.79 Å². The summed E-state index contributed by atoms with van der Waals surface area (Å²) in [5, 5.41) is 0. The van der Waals surface area contributed by atoms with Crippen molar-refractivity contribution in [2.45, 2.75) is 45.4 Å². The van der Waals surface area contributed by atoms with Crippen molar-refractivity contribution < 1.29 is 27.5 Å². The van der Waals surface area contributed by atoms with Gasteiger partial charge in [-0.15, -0.1) is 13.2 Å². The molecule has 0 aromatic heterocycles. The number of nitrogens with zero attached hydrogens (tertiary/aromatic N) is 3. The first-order chi connectivity index (χ1) is 14.1. The van der Waals surface area contributed by atoms with Gasteiger partial charge in [0.1, 0.15) is 5.75 Å². The van der Waals surface area contributed by atoms with Gasteiger partial charge >= 0.3 is 12.4 Å². The number of likely N-dealkylation sites (tertiary alicyclic amines) is 1. The van der Waals surface area contributed by atoms with Crippen LogP contribution in [0.25, 0.3) is 0 Å². The van der Waals surface area contributed by atoms with Crippen LogP contribution in [0.5, 0.6) is 5.75 Å². The molecule has 2 aliphatic rings. The van der Waals surface area contributed by atoms with Crippen LogP contribution in [-0.4, -0.2) is 61.3 Å². The van der Waals surface area contributed by atoms with Gasteiger partial charge in [0.15, 0.2) is 0 Å². The van der Waals surface area contributed by atoms with E-state index in [2.05, 4.69) is 11.7 Å². The van der Waals surface area contributed by atoms with E-state index in [1.54, 1.807) is 21.7 Å². The van der Waals surface area contributed by atoms with E-state index >= 15 is 0 Å². The predicted octanol–water partition coefficient (Wildman–Crippen LogP) is 4.26. The average molecular weight is 427 g/mol. The molecule has 2 fully saturated rings. The van der Waals surface area contributed by atoms with E-state index in [4.69, 9.17) is 0 Å². The number of unbranched alkanes of at least 4 members (excludes halogenated alkanes) is 1. The topological polar surface area (TPSA) is 53.1 Å². The predicted molar refractivity (Wildman–Crippen MR) is 106 cm³/mol. The first kappa shape index (κ1) is 22.2. The average Bonchev–Trinajstić information content (AvgIpc) is 3.01. The molecule has 1 aromatic rings. The zero-order chi connectivity index (χ0) is 21.9. The fourth-order valence-electron chi connectivity index (χ4n) is 4.22. The highest BCUT2D eigenvalue weighted by Gasteiger charge is 2.49. The maximum Gasteiger partial charge on any atom is 0.573 e. The normalized spacial score (nSPS) is 18.8. The number of carbonyl (C=O) groups excluding carboxylic acids is 2. The fraction of sp³-hybridized carbons (Fsp3) is 0.619. The van der Waals surface area contributed by atoms with Crippen LogP contribution in [0, 0.1) is 5.41 Å². The molecule has 0 atom stereocenters. The lowest BCUT2D eigenvalue weighted by Gasteiger charge is -2.39. The van der Waals surface area contributed by atoms with Crippen LogP contribution < -0.4 is 9.64 Å². The molecule has 3 rings (SSSR count). The third-order valence-corrected chi connectivity index (χ3v) is 6.06. The number of rotatable bonds is 5. The third-order valence-electron chi connectivity index (χ3n) is 6.06. The Bertz CT molecular complexity index is 759. The summed E-state index contributed by atoms with van der Waals surface area (Å²) in [4.78, 5) is 30.9. The molecule has 0 aliphatic carbocycles. The number of hydrogen-bond acceptors (Lipinski definition) is 3. The van der Waals surface area contributed by atoms with Crippen LogP contribution in [0.4, 0.5) is 23.7 Å². The maximum atomic E-state index is 13.1. The van der Waals surface area contributed by atoms with Gasteiger partial charge < -0.3 is 19.4 Å². The molecule has 30 heavy (non-hydrogen) atoms. The van der Waals surface area contributed by atoms with E-state index in [0.29, 0.717) is 44.6 Å². The van der Waals surface area contributed by atoms with E-state index in [-0.39, 0.29) is 17.7 Å². The Balaban J connectivity index is 1.60. The van der Waals surface area contributed by atoms with Crippen LogP contribution in [0.15, 0.2) is 24.3 Å². The second kappa shape index (κ2) is 8.73. The molecule has 9 heteroatoms. The Kier molecular flexibility index (Phi) is 6.47. The number of anilines is 1. The number of carbonyl (C=O) groups is 2. The maximum absolute atomic E-state index is 13.1. The second-order valence-corrected chi connectivity index (χ2v) is 8.07. The summed E-state index contributed by atoms with van der Waals surface area (Å²) in [5.41, 5.74) is 0.0594. The molecule has 2 heterocycles. The molecule has 0 radical (unpaired) electrons. The largest absolute Gasteiger partial charge is 0.573 e. The number of alkyl halides is 3. The molecule has 6 nitrogen and oxygen atoms in total. The first-order valence-electron chi connectivity index (χ1n) is 10.3. The van der Waals surface area contributed by atoms with Crippen LogP contribution in [0.3, 0.4) is 0 Å². The van der Waals surface area contributed by atoms with Crippen molar-refractivity contribution in [3.63, 3.8) is 0 Å². The number of hydrogen-bond donors (Lipinski definition) is 0. The molecule has 1 aromatic carbocycles. The van der Waals surface area contributed by atoms with Gasteiger partial charge in [-0.2, -0.15) is 0 Å². The lowest BCUT2D eigenvalue weighted by Crippen LogP contribution is -2.50. The van der Waals surface area contributed by atoms with Crippen LogP contribution >= 0.6 is 0 Å². The minimum atomic E-state index is -4.74. The summed E-state index contributed by atoms with van der Waals surface area (Å²) in [6.07, 6.45) is -0.879. The van der Waals surface area contributed by atoms with Gasteiger partial charge in [0, 0.05) is 38.9 Å². The SMILES string of the molecule is CCCCN(C)C(=O)N1CCC2(CC1)CCN(c1ccc(OC(F)(F)F)cc1)C2=O. The van der Waals surface area contributed by atoms with Gasteiger partial charge in [0.2, 0.25) is 5.91 Å². The Labute approximate surface area is 174 Å². The quantitative estimate of drug-likeness (QED) is 0.706. The molecular formula is C21H28F3N3O3. The van der Waals surface area contributed by atoms with Gasteiger partial charge in [-0.25, -0.2) is 4.79 Å². The standard InChI is InChI=1S/C21H28F3N3O3/c1-3-4-12-25(2)19(29)26-13-9-20(10-14-26)11-15-27(18(20)28)16-5-7-17(8-6-16)30-21(22,23)24/h5-8H,3-4,9-15H2,1-2H3. The molecule has 0 saturated carbocycles. The number of piperidine rings is 1. The zero-order valence-corrected chi connectivity index (χ0v) is 17.4. The van der Waals surface area contributed by atoms with Crippen molar-refractivity contribution >= 4 is 17.6 Å². The minimum Gasteiger partial charge on any atom is -0.406 e. The minimum absolute atomic E-state index is 0.000792. The number of benzene rings is 1.